The molecular weight excluding hydrogens is 515 g/mol. The standard InChI is InChI=1S/C26H30F3N5O3Si/c1-38(2,3)11-10-37-16-34-25(20(6-9-35)24(32-34)19-4-7-30-31-15-19)33-8-5-18(26(33)36)12-17-13-21(27)23(29)22(28)14-17/h4,7,9,13-15,18H,5-6,8,10-12,16H2,1-3H3/q-1. The maximum Gasteiger partial charge on any atom is 0.231 e. The summed E-state index contributed by atoms with van der Waals surface area (Å²) in [4.78, 5) is 26.8. The van der Waals surface area contributed by atoms with Crippen molar-refractivity contribution >= 4 is 26.1 Å². The third kappa shape index (κ3) is 6.18. The van der Waals surface area contributed by atoms with E-state index in [1.54, 1.807) is 15.6 Å². The minimum Gasteiger partial charge on any atom is -0.362 e. The first-order valence-electron chi connectivity index (χ1n) is 12.4. The van der Waals surface area contributed by atoms with Gasteiger partial charge in [0.05, 0.1) is 18.1 Å². The summed E-state index contributed by atoms with van der Waals surface area (Å²) < 4.78 is 48.4. The van der Waals surface area contributed by atoms with E-state index in [1.807, 2.05) is 0 Å². The Morgan fingerprint density at radius 3 is 2.53 bits per heavy atom. The van der Waals surface area contributed by atoms with E-state index in [-0.39, 0.29) is 31.0 Å². The Morgan fingerprint density at radius 2 is 1.89 bits per heavy atom. The van der Waals surface area contributed by atoms with E-state index in [9.17, 15) is 22.8 Å². The highest BCUT2D eigenvalue weighted by Crippen LogP contribution is 2.36. The van der Waals surface area contributed by atoms with Crippen LogP contribution in [0.2, 0.25) is 25.7 Å². The quantitative estimate of drug-likeness (QED) is 0.154. The van der Waals surface area contributed by atoms with Crippen molar-refractivity contribution in [2.24, 2.45) is 5.92 Å². The van der Waals surface area contributed by atoms with Crippen molar-refractivity contribution in [1.82, 2.24) is 20.0 Å². The maximum atomic E-state index is 13.8. The van der Waals surface area contributed by atoms with Gasteiger partial charge in [0, 0.05) is 36.6 Å². The van der Waals surface area contributed by atoms with Crippen LogP contribution in [0.5, 0.6) is 0 Å². The molecule has 1 atom stereocenters. The predicted molar refractivity (Wildman–Crippen MR) is 138 cm³/mol. The van der Waals surface area contributed by atoms with Crippen LogP contribution in [0.15, 0.2) is 30.6 Å². The summed E-state index contributed by atoms with van der Waals surface area (Å²) in [5.74, 6) is -4.53. The third-order valence-corrected chi connectivity index (χ3v) is 8.18. The molecule has 12 heteroatoms. The van der Waals surface area contributed by atoms with Gasteiger partial charge in [-0.05, 0) is 36.6 Å². The summed E-state index contributed by atoms with van der Waals surface area (Å²) in [6, 6.07) is 4.49. The minimum absolute atomic E-state index is 0.00469. The van der Waals surface area contributed by atoms with Gasteiger partial charge in [0.2, 0.25) is 5.91 Å². The summed E-state index contributed by atoms with van der Waals surface area (Å²) in [7, 11) is -1.33. The summed E-state index contributed by atoms with van der Waals surface area (Å²) >= 11 is 0. The fraction of sp³-hybridized carbons (Fsp3) is 0.423. The van der Waals surface area contributed by atoms with Crippen LogP contribution >= 0.6 is 0 Å². The fourth-order valence-electron chi connectivity index (χ4n) is 4.49. The van der Waals surface area contributed by atoms with Gasteiger partial charge in [-0.15, -0.1) is 14.1 Å². The van der Waals surface area contributed by atoms with Gasteiger partial charge in [-0.2, -0.15) is 34.9 Å². The number of ether oxygens (including phenoxy) is 1. The zero-order valence-corrected chi connectivity index (χ0v) is 22.6. The average Bonchev–Trinajstić information content (AvgIpc) is 3.40. The number of rotatable bonds is 11. The molecule has 2 aromatic heterocycles. The number of benzene rings is 1. The van der Waals surface area contributed by atoms with Gasteiger partial charge in [0.1, 0.15) is 18.8 Å². The molecular formula is C26H30F3N5O3Si-. The molecule has 1 unspecified atom stereocenters. The lowest BCUT2D eigenvalue weighted by Crippen LogP contribution is -2.31. The van der Waals surface area contributed by atoms with Crippen molar-refractivity contribution in [1.29, 1.82) is 0 Å². The number of halogens is 3. The molecule has 1 aliphatic heterocycles. The molecule has 1 aliphatic rings. The number of aromatic nitrogens is 4. The lowest BCUT2D eigenvalue weighted by Gasteiger charge is -2.27. The highest BCUT2D eigenvalue weighted by molar-refractivity contribution is 6.76. The van der Waals surface area contributed by atoms with Crippen LogP contribution in [0, 0.1) is 23.4 Å². The molecule has 0 saturated carbocycles. The first-order chi connectivity index (χ1) is 18.1. The molecule has 1 amide bonds. The zero-order valence-electron chi connectivity index (χ0n) is 21.6. The average molecular weight is 546 g/mol. The van der Waals surface area contributed by atoms with Crippen molar-refractivity contribution in [3.63, 3.8) is 0 Å². The molecule has 203 valence electrons. The minimum atomic E-state index is -1.54. The largest absolute Gasteiger partial charge is 0.362 e. The molecule has 4 rings (SSSR count). The van der Waals surface area contributed by atoms with Crippen LogP contribution < -0.4 is 4.90 Å². The van der Waals surface area contributed by atoms with Crippen LogP contribution in [0.4, 0.5) is 19.0 Å². The molecule has 3 heterocycles. The Morgan fingerprint density at radius 1 is 1.16 bits per heavy atom. The number of hydrogen-bond donors (Lipinski definition) is 0. The first kappa shape index (κ1) is 27.6. The van der Waals surface area contributed by atoms with Gasteiger partial charge < -0.3 is 9.53 Å². The Balaban J connectivity index is 1.66. The number of nitrogens with zero attached hydrogens (tertiary/aromatic N) is 5. The zero-order chi connectivity index (χ0) is 27.4. The van der Waals surface area contributed by atoms with E-state index in [2.05, 4.69) is 29.8 Å². The second kappa shape index (κ2) is 11.6. The summed E-state index contributed by atoms with van der Waals surface area (Å²) in [5.41, 5.74) is 1.88. The van der Waals surface area contributed by atoms with Crippen molar-refractivity contribution in [3.8, 4) is 11.3 Å². The first-order valence-corrected chi connectivity index (χ1v) is 16.1. The summed E-state index contributed by atoms with van der Waals surface area (Å²) in [5, 5.41) is 12.4. The number of hydrogen-bond acceptors (Lipinski definition) is 6. The van der Waals surface area contributed by atoms with Crippen LogP contribution in [0.25, 0.3) is 11.3 Å². The molecule has 1 saturated heterocycles. The van der Waals surface area contributed by atoms with E-state index < -0.39 is 31.4 Å². The van der Waals surface area contributed by atoms with Gasteiger partial charge >= 0.3 is 0 Å². The summed E-state index contributed by atoms with van der Waals surface area (Å²) in [6.07, 6.45) is 4.26. The summed E-state index contributed by atoms with van der Waals surface area (Å²) in [6.45, 7) is 7.66. The molecule has 8 nitrogen and oxygen atoms in total. The number of carbonyl (C=O) groups is 2. The molecule has 0 N–H and O–H groups in total. The Kier molecular flexibility index (Phi) is 8.41. The number of amides is 1. The van der Waals surface area contributed by atoms with Crippen LogP contribution in [-0.2, 0) is 33.9 Å². The molecule has 0 bridgehead atoms. The third-order valence-electron chi connectivity index (χ3n) is 6.47. The van der Waals surface area contributed by atoms with Crippen LogP contribution in [0.3, 0.4) is 0 Å². The van der Waals surface area contributed by atoms with Gasteiger partial charge in [-0.1, -0.05) is 0 Å². The normalized spacial score (nSPS) is 15.9. The van der Waals surface area contributed by atoms with Crippen molar-refractivity contribution < 1.29 is 27.5 Å². The van der Waals surface area contributed by atoms with E-state index >= 15 is 0 Å². The molecule has 0 aliphatic carbocycles. The number of carbonyl (C=O) groups excluding carboxylic acids is 2. The maximum absolute atomic E-state index is 13.8. The SMILES string of the molecule is C[Si-](C)(C)CCOCn1nc(-c2ccnnc2)c(CC=O)c1N1CCC(Cc2cc(F)c(F)c(F)c2)C1=O. The molecule has 3 aromatic rings. The van der Waals surface area contributed by atoms with Crippen molar-refractivity contribution in [3.05, 3.63) is 59.2 Å². The van der Waals surface area contributed by atoms with Crippen LogP contribution in [0.1, 0.15) is 17.5 Å². The van der Waals surface area contributed by atoms with Gasteiger partial charge in [-0.25, -0.2) is 17.9 Å². The topological polar surface area (TPSA) is 90.2 Å². The molecule has 1 aromatic carbocycles. The molecule has 1 fully saturated rings. The van der Waals surface area contributed by atoms with Gasteiger partial charge in [-0.3, -0.25) is 9.69 Å². The second-order valence-corrected chi connectivity index (χ2v) is 16.2. The molecule has 0 spiro atoms. The Labute approximate surface area is 219 Å². The monoisotopic (exact) mass is 545 g/mol. The van der Waals surface area contributed by atoms with E-state index in [4.69, 9.17) is 9.84 Å². The smallest absolute Gasteiger partial charge is 0.231 e. The van der Waals surface area contributed by atoms with E-state index in [1.165, 1.54) is 12.4 Å². The highest BCUT2D eigenvalue weighted by atomic mass is 28.3. The highest BCUT2D eigenvalue weighted by Gasteiger charge is 2.37. The lowest BCUT2D eigenvalue weighted by atomic mass is 9.98. The number of aldehydes is 1. The number of anilines is 1. The van der Waals surface area contributed by atoms with Gasteiger partial charge in [0.25, 0.3) is 0 Å². The van der Waals surface area contributed by atoms with Crippen molar-refractivity contribution in [2.75, 3.05) is 18.1 Å². The van der Waals surface area contributed by atoms with Crippen molar-refractivity contribution in [2.45, 2.75) is 51.7 Å². The lowest BCUT2D eigenvalue weighted by molar-refractivity contribution is -0.120. The van der Waals surface area contributed by atoms with Gasteiger partial charge in [0.15, 0.2) is 17.5 Å². The van der Waals surface area contributed by atoms with E-state index in [0.29, 0.717) is 42.2 Å². The Hall–Kier alpha value is -3.38. The molecule has 38 heavy (non-hydrogen) atoms. The van der Waals surface area contributed by atoms with Crippen LogP contribution in [-0.4, -0.2) is 53.4 Å². The van der Waals surface area contributed by atoms with E-state index in [0.717, 1.165) is 24.5 Å². The predicted octanol–water partition coefficient (Wildman–Crippen LogP) is 4.41. The Bertz CT molecular complexity index is 1290. The fourth-order valence-corrected chi connectivity index (χ4v) is 5.25. The molecule has 0 radical (unpaired) electrons. The second-order valence-electron chi connectivity index (χ2n) is 10.6.